The molecule has 2 N–H and O–H groups in total. The standard InChI is InChI=1S/C9H15N3O2/c1-12-5-7(4-11-12)3-9(13)8(10)6-14-2/h4-5,8H,3,6,10H2,1-2H3. The second-order valence-corrected chi connectivity index (χ2v) is 3.23. The molecule has 0 aliphatic carbocycles. The van der Waals surface area contributed by atoms with Gasteiger partial charge in [0.05, 0.1) is 18.8 Å². The fraction of sp³-hybridized carbons (Fsp3) is 0.556. The topological polar surface area (TPSA) is 70.1 Å². The molecule has 5 heteroatoms. The maximum atomic E-state index is 11.5. The number of nitrogens with zero attached hydrogens (tertiary/aromatic N) is 2. The van der Waals surface area contributed by atoms with Gasteiger partial charge in [0.25, 0.3) is 0 Å². The molecule has 78 valence electrons. The Morgan fingerprint density at radius 3 is 3.00 bits per heavy atom. The van der Waals surface area contributed by atoms with Crippen LogP contribution in [0.15, 0.2) is 12.4 Å². The van der Waals surface area contributed by atoms with Crippen molar-refractivity contribution in [3.63, 3.8) is 0 Å². The second-order valence-electron chi connectivity index (χ2n) is 3.23. The summed E-state index contributed by atoms with van der Waals surface area (Å²) in [6, 6.07) is -0.541. The average molecular weight is 197 g/mol. The van der Waals surface area contributed by atoms with E-state index in [1.165, 1.54) is 7.11 Å². The first-order valence-corrected chi connectivity index (χ1v) is 4.38. The number of Topliss-reactive ketones (excluding diaryl/α,β-unsaturated/α-hetero) is 1. The van der Waals surface area contributed by atoms with Crippen LogP contribution in [-0.2, 0) is 23.0 Å². The summed E-state index contributed by atoms with van der Waals surface area (Å²) in [6.45, 7) is 0.263. The molecule has 1 rings (SSSR count). The average Bonchev–Trinajstić information content (AvgIpc) is 2.51. The minimum Gasteiger partial charge on any atom is -0.383 e. The van der Waals surface area contributed by atoms with Crippen molar-refractivity contribution < 1.29 is 9.53 Å². The van der Waals surface area contributed by atoms with Crippen molar-refractivity contribution in [2.75, 3.05) is 13.7 Å². The van der Waals surface area contributed by atoms with Gasteiger partial charge < -0.3 is 10.5 Å². The third-order valence-corrected chi connectivity index (χ3v) is 1.90. The largest absolute Gasteiger partial charge is 0.383 e. The summed E-state index contributed by atoms with van der Waals surface area (Å²) in [7, 11) is 3.33. The molecule has 0 aromatic carbocycles. The molecule has 0 radical (unpaired) electrons. The molecule has 1 atom stereocenters. The minimum absolute atomic E-state index is 0.0279. The summed E-state index contributed by atoms with van der Waals surface area (Å²) in [5.41, 5.74) is 6.46. The van der Waals surface area contributed by atoms with Gasteiger partial charge in [-0.2, -0.15) is 5.10 Å². The van der Waals surface area contributed by atoms with Gasteiger partial charge in [-0.3, -0.25) is 9.48 Å². The molecule has 1 aromatic heterocycles. The van der Waals surface area contributed by atoms with Gasteiger partial charge in [0.2, 0.25) is 0 Å². The van der Waals surface area contributed by atoms with Crippen molar-refractivity contribution in [3.8, 4) is 0 Å². The summed E-state index contributed by atoms with van der Waals surface area (Å²) in [5, 5.41) is 3.97. The van der Waals surface area contributed by atoms with E-state index in [1.807, 2.05) is 7.05 Å². The molecule has 1 heterocycles. The summed E-state index contributed by atoms with van der Waals surface area (Å²) in [5.74, 6) is -0.0279. The molecule has 0 fully saturated rings. The van der Waals surface area contributed by atoms with E-state index in [1.54, 1.807) is 17.1 Å². The molecule has 0 amide bonds. The number of nitrogens with two attached hydrogens (primary N) is 1. The van der Waals surface area contributed by atoms with E-state index in [4.69, 9.17) is 10.5 Å². The zero-order chi connectivity index (χ0) is 10.6. The number of rotatable bonds is 5. The van der Waals surface area contributed by atoms with Crippen molar-refractivity contribution in [1.29, 1.82) is 0 Å². The van der Waals surface area contributed by atoms with E-state index in [9.17, 15) is 4.79 Å². The minimum atomic E-state index is -0.541. The highest BCUT2D eigenvalue weighted by Gasteiger charge is 2.14. The third-order valence-electron chi connectivity index (χ3n) is 1.90. The molecule has 0 spiro atoms. The van der Waals surface area contributed by atoms with Gasteiger partial charge in [0, 0.05) is 26.8 Å². The van der Waals surface area contributed by atoms with Gasteiger partial charge in [-0.1, -0.05) is 0 Å². The van der Waals surface area contributed by atoms with Gasteiger partial charge in [0.1, 0.15) is 0 Å². The number of carbonyl (C=O) groups is 1. The molecule has 0 saturated heterocycles. The molecule has 1 unspecified atom stereocenters. The summed E-state index contributed by atoms with van der Waals surface area (Å²) in [4.78, 5) is 11.5. The maximum absolute atomic E-state index is 11.5. The summed E-state index contributed by atoms with van der Waals surface area (Å²) in [6.07, 6.45) is 3.78. The van der Waals surface area contributed by atoms with Gasteiger partial charge >= 0.3 is 0 Å². The lowest BCUT2D eigenvalue weighted by atomic mass is 10.1. The molecular formula is C9H15N3O2. The van der Waals surface area contributed by atoms with Crippen LogP contribution in [0.5, 0.6) is 0 Å². The van der Waals surface area contributed by atoms with Crippen LogP contribution < -0.4 is 5.73 Å². The number of methoxy groups -OCH3 is 1. The van der Waals surface area contributed by atoms with Crippen LogP contribution in [0.2, 0.25) is 0 Å². The Morgan fingerprint density at radius 2 is 2.50 bits per heavy atom. The summed E-state index contributed by atoms with van der Waals surface area (Å²) >= 11 is 0. The lowest BCUT2D eigenvalue weighted by molar-refractivity contribution is -0.120. The van der Waals surface area contributed by atoms with Gasteiger partial charge in [0.15, 0.2) is 5.78 Å². The molecular weight excluding hydrogens is 182 g/mol. The van der Waals surface area contributed by atoms with Gasteiger partial charge in [-0.25, -0.2) is 0 Å². The van der Waals surface area contributed by atoms with Crippen LogP contribution in [-0.4, -0.2) is 35.3 Å². The Bertz CT molecular complexity index is 309. The molecule has 1 aromatic rings. The molecule has 5 nitrogen and oxygen atoms in total. The fourth-order valence-electron chi connectivity index (χ4n) is 1.17. The van der Waals surface area contributed by atoms with Gasteiger partial charge in [-0.05, 0) is 5.56 Å². The summed E-state index contributed by atoms with van der Waals surface area (Å²) < 4.78 is 6.46. The van der Waals surface area contributed by atoms with E-state index in [-0.39, 0.29) is 12.4 Å². The molecule has 0 aliphatic heterocycles. The molecule has 14 heavy (non-hydrogen) atoms. The van der Waals surface area contributed by atoms with Crippen LogP contribution in [0, 0.1) is 0 Å². The number of hydrogen-bond donors (Lipinski definition) is 1. The van der Waals surface area contributed by atoms with Crippen molar-refractivity contribution in [1.82, 2.24) is 9.78 Å². The Balaban J connectivity index is 2.48. The Kier molecular flexibility index (Phi) is 3.79. The van der Waals surface area contributed by atoms with E-state index in [0.717, 1.165) is 5.56 Å². The highest BCUT2D eigenvalue weighted by Crippen LogP contribution is 2.00. The van der Waals surface area contributed by atoms with E-state index in [2.05, 4.69) is 5.10 Å². The zero-order valence-corrected chi connectivity index (χ0v) is 8.43. The first-order chi connectivity index (χ1) is 6.63. The highest BCUT2D eigenvalue weighted by molar-refractivity contribution is 5.85. The number of hydrogen-bond acceptors (Lipinski definition) is 4. The molecule has 0 aliphatic rings. The van der Waals surface area contributed by atoms with Crippen LogP contribution in [0.1, 0.15) is 5.56 Å². The second kappa shape index (κ2) is 4.88. The predicted octanol–water partition coefficient (Wildman–Crippen LogP) is -0.495. The zero-order valence-electron chi connectivity index (χ0n) is 8.43. The Morgan fingerprint density at radius 1 is 1.79 bits per heavy atom. The number of ether oxygens (including phenoxy) is 1. The SMILES string of the molecule is COCC(N)C(=O)Cc1cnn(C)c1. The number of ketones is 1. The van der Waals surface area contributed by atoms with Crippen LogP contribution >= 0.6 is 0 Å². The van der Waals surface area contributed by atoms with Crippen LogP contribution in [0.3, 0.4) is 0 Å². The van der Waals surface area contributed by atoms with Gasteiger partial charge in [-0.15, -0.1) is 0 Å². The van der Waals surface area contributed by atoms with E-state index in [0.29, 0.717) is 6.42 Å². The van der Waals surface area contributed by atoms with Crippen molar-refractivity contribution in [3.05, 3.63) is 18.0 Å². The smallest absolute Gasteiger partial charge is 0.156 e. The molecule has 0 saturated carbocycles. The fourth-order valence-corrected chi connectivity index (χ4v) is 1.17. The first kappa shape index (κ1) is 10.9. The van der Waals surface area contributed by atoms with Crippen molar-refractivity contribution in [2.24, 2.45) is 12.8 Å². The maximum Gasteiger partial charge on any atom is 0.156 e. The van der Waals surface area contributed by atoms with E-state index < -0.39 is 6.04 Å². The highest BCUT2D eigenvalue weighted by atomic mass is 16.5. The monoisotopic (exact) mass is 197 g/mol. The van der Waals surface area contributed by atoms with Crippen LogP contribution in [0.4, 0.5) is 0 Å². The lowest BCUT2D eigenvalue weighted by Crippen LogP contribution is -2.35. The first-order valence-electron chi connectivity index (χ1n) is 4.38. The Labute approximate surface area is 82.8 Å². The third kappa shape index (κ3) is 2.93. The van der Waals surface area contributed by atoms with Crippen LogP contribution in [0.25, 0.3) is 0 Å². The Hall–Kier alpha value is -1.20. The quantitative estimate of drug-likeness (QED) is 0.691. The normalized spacial score (nSPS) is 12.8. The predicted molar refractivity (Wildman–Crippen MR) is 51.8 cm³/mol. The van der Waals surface area contributed by atoms with E-state index >= 15 is 0 Å². The number of carbonyl (C=O) groups excluding carboxylic acids is 1. The number of aryl methyl sites for hydroxylation is 1. The van der Waals surface area contributed by atoms with Crippen molar-refractivity contribution in [2.45, 2.75) is 12.5 Å². The van der Waals surface area contributed by atoms with Crippen molar-refractivity contribution >= 4 is 5.78 Å². The molecule has 0 bridgehead atoms. The lowest BCUT2D eigenvalue weighted by Gasteiger charge is -2.07. The number of aromatic nitrogens is 2.